The molecule has 30 heavy (non-hydrogen) atoms. The fourth-order valence-electron chi connectivity index (χ4n) is 3.37. The van der Waals surface area contributed by atoms with Crippen LogP contribution in [0.15, 0.2) is 36.7 Å². The number of aromatic nitrogens is 1. The number of nitrogens with one attached hydrogen (secondary N) is 1. The first kappa shape index (κ1) is 24.5. The number of benzene rings is 1. The third-order valence-corrected chi connectivity index (χ3v) is 7.27. The molecule has 2 rings (SSSR count). The lowest BCUT2D eigenvalue weighted by atomic mass is 9.78. The predicted molar refractivity (Wildman–Crippen MR) is 121 cm³/mol. The van der Waals surface area contributed by atoms with Gasteiger partial charge in [0.1, 0.15) is 11.5 Å². The Balaban J connectivity index is 2.65. The van der Waals surface area contributed by atoms with Crippen LogP contribution in [0.3, 0.4) is 0 Å². The van der Waals surface area contributed by atoms with Crippen molar-refractivity contribution in [2.24, 2.45) is 0 Å². The zero-order valence-electron chi connectivity index (χ0n) is 19.3. The van der Waals surface area contributed by atoms with Gasteiger partial charge in [-0.25, -0.2) is 0 Å². The Bertz CT molecular complexity index is 859. The van der Waals surface area contributed by atoms with E-state index in [4.69, 9.17) is 9.05 Å². The van der Waals surface area contributed by atoms with Gasteiger partial charge in [-0.3, -0.25) is 14.9 Å². The Hall–Kier alpha value is -1.72. The second-order valence-corrected chi connectivity index (χ2v) is 11.8. The van der Waals surface area contributed by atoms with Crippen molar-refractivity contribution in [1.29, 1.82) is 0 Å². The van der Waals surface area contributed by atoms with Crippen molar-refractivity contribution in [2.45, 2.75) is 64.7 Å². The Morgan fingerprint density at radius 3 is 1.87 bits per heavy atom. The van der Waals surface area contributed by atoms with E-state index >= 15 is 0 Å². The molecule has 0 aliphatic heterocycles. The molecule has 0 amide bonds. The molecule has 0 aliphatic carbocycles. The van der Waals surface area contributed by atoms with Gasteiger partial charge in [-0.05, 0) is 57.3 Å². The standard InChI is InChI=1S/C23H35N2O4P/c1-22(2,3)18-13-17(14-19(20(18)26)23(4,5)6)21(30(27,28-7)29-8)25-15-16-9-11-24-12-10-16/h9-14,21,25-26H,15H2,1-8H3. The number of aromatic hydroxyl groups is 1. The minimum atomic E-state index is -3.52. The van der Waals surface area contributed by atoms with Crippen LogP contribution in [-0.2, 0) is 31.0 Å². The molecule has 1 aromatic carbocycles. The first-order chi connectivity index (χ1) is 13.8. The first-order valence-corrected chi connectivity index (χ1v) is 11.7. The second kappa shape index (κ2) is 9.19. The Morgan fingerprint density at radius 1 is 1.00 bits per heavy atom. The van der Waals surface area contributed by atoms with Crippen molar-refractivity contribution >= 4 is 7.60 Å². The summed E-state index contributed by atoms with van der Waals surface area (Å²) in [6.45, 7) is 12.7. The molecule has 0 bridgehead atoms. The summed E-state index contributed by atoms with van der Waals surface area (Å²) in [5.74, 6) is -0.431. The number of phenolic OH excluding ortho intramolecular Hbond substituents is 1. The molecule has 0 radical (unpaired) electrons. The SMILES string of the molecule is COP(=O)(OC)C(NCc1ccncc1)c1cc(C(C)(C)C)c(O)c(C(C)(C)C)c1. The molecule has 6 nitrogen and oxygen atoms in total. The topological polar surface area (TPSA) is 80.7 Å². The van der Waals surface area contributed by atoms with E-state index in [-0.39, 0.29) is 16.6 Å². The molecule has 2 N–H and O–H groups in total. The van der Waals surface area contributed by atoms with E-state index in [1.54, 1.807) is 12.4 Å². The summed E-state index contributed by atoms with van der Waals surface area (Å²) in [6, 6.07) is 7.60. The summed E-state index contributed by atoms with van der Waals surface area (Å²) in [7, 11) is -0.738. The Kier molecular flexibility index (Phi) is 7.52. The number of phenols is 1. The molecule has 7 heteroatoms. The van der Waals surface area contributed by atoms with E-state index in [2.05, 4.69) is 10.3 Å². The molecule has 166 valence electrons. The van der Waals surface area contributed by atoms with Gasteiger partial charge in [-0.2, -0.15) is 0 Å². The Morgan fingerprint density at radius 2 is 1.47 bits per heavy atom. The molecule has 0 saturated carbocycles. The fraction of sp³-hybridized carbons (Fsp3) is 0.522. The fourth-order valence-corrected chi connectivity index (χ4v) is 4.77. The van der Waals surface area contributed by atoms with Crippen LogP contribution >= 0.6 is 7.60 Å². The summed E-state index contributed by atoms with van der Waals surface area (Å²) in [5.41, 5.74) is 2.72. The first-order valence-electron chi connectivity index (χ1n) is 10.0. The largest absolute Gasteiger partial charge is 0.507 e. The van der Waals surface area contributed by atoms with Crippen molar-refractivity contribution in [3.05, 3.63) is 58.9 Å². The molecule has 0 aliphatic rings. The molecule has 2 aromatic rings. The third-order valence-electron chi connectivity index (χ3n) is 5.14. The van der Waals surface area contributed by atoms with Crippen LogP contribution < -0.4 is 5.32 Å². The third kappa shape index (κ3) is 5.50. The highest BCUT2D eigenvalue weighted by Crippen LogP contribution is 2.59. The summed E-state index contributed by atoms with van der Waals surface area (Å²) in [5, 5.41) is 14.4. The predicted octanol–water partition coefficient (Wildman–Crippen LogP) is 5.66. The molecule has 1 heterocycles. The quantitative estimate of drug-likeness (QED) is 0.548. The van der Waals surface area contributed by atoms with Crippen molar-refractivity contribution in [1.82, 2.24) is 10.3 Å². The van der Waals surface area contributed by atoms with Crippen LogP contribution in [0.25, 0.3) is 0 Å². The van der Waals surface area contributed by atoms with Crippen LogP contribution in [0.4, 0.5) is 0 Å². The Labute approximate surface area is 180 Å². The summed E-state index contributed by atoms with van der Waals surface area (Å²) in [6.07, 6.45) is 3.43. The van der Waals surface area contributed by atoms with Gasteiger partial charge in [0.05, 0.1) is 0 Å². The second-order valence-electron chi connectivity index (χ2n) is 9.51. The van der Waals surface area contributed by atoms with Gasteiger partial charge in [0.15, 0.2) is 0 Å². The van der Waals surface area contributed by atoms with Gasteiger partial charge < -0.3 is 14.2 Å². The summed E-state index contributed by atoms with van der Waals surface area (Å²) in [4.78, 5) is 4.04. The van der Waals surface area contributed by atoms with Crippen LogP contribution in [0.1, 0.15) is 69.6 Å². The summed E-state index contributed by atoms with van der Waals surface area (Å²) >= 11 is 0. The average molecular weight is 435 g/mol. The highest BCUT2D eigenvalue weighted by atomic mass is 31.2. The molecule has 1 unspecified atom stereocenters. The molecule has 1 aromatic heterocycles. The average Bonchev–Trinajstić information content (AvgIpc) is 2.67. The van der Waals surface area contributed by atoms with Gasteiger partial charge in [0, 0.05) is 33.2 Å². The number of nitrogens with zero attached hydrogens (tertiary/aromatic N) is 1. The molecule has 1 atom stereocenters. The zero-order chi connectivity index (χ0) is 22.7. The maximum Gasteiger partial charge on any atom is 0.351 e. The van der Waals surface area contributed by atoms with Crippen molar-refractivity contribution in [3.63, 3.8) is 0 Å². The lowest BCUT2D eigenvalue weighted by Crippen LogP contribution is -2.25. The highest BCUT2D eigenvalue weighted by Gasteiger charge is 2.37. The van der Waals surface area contributed by atoms with Gasteiger partial charge in [0.25, 0.3) is 0 Å². The molecule has 0 saturated heterocycles. The van der Waals surface area contributed by atoms with Crippen molar-refractivity contribution in [2.75, 3.05) is 14.2 Å². The van der Waals surface area contributed by atoms with Gasteiger partial charge in [-0.1, -0.05) is 41.5 Å². The number of hydrogen-bond acceptors (Lipinski definition) is 6. The van der Waals surface area contributed by atoms with Gasteiger partial charge in [0.2, 0.25) is 0 Å². The van der Waals surface area contributed by atoms with Crippen molar-refractivity contribution in [3.8, 4) is 5.75 Å². The van der Waals surface area contributed by atoms with E-state index in [0.29, 0.717) is 6.54 Å². The normalized spacial score (nSPS) is 14.0. The van der Waals surface area contributed by atoms with Crippen LogP contribution in [-0.4, -0.2) is 24.3 Å². The van der Waals surface area contributed by atoms with E-state index in [0.717, 1.165) is 22.3 Å². The maximum atomic E-state index is 13.5. The highest BCUT2D eigenvalue weighted by molar-refractivity contribution is 7.54. The smallest absolute Gasteiger partial charge is 0.351 e. The van der Waals surface area contributed by atoms with Gasteiger partial charge in [-0.15, -0.1) is 0 Å². The molecular formula is C23H35N2O4P. The number of pyridine rings is 1. The minimum Gasteiger partial charge on any atom is -0.507 e. The van der Waals surface area contributed by atoms with E-state index in [1.807, 2.05) is 65.8 Å². The monoisotopic (exact) mass is 434 g/mol. The maximum absolute atomic E-state index is 13.5. The van der Waals surface area contributed by atoms with Crippen LogP contribution in [0.5, 0.6) is 5.75 Å². The molecule has 0 spiro atoms. The van der Waals surface area contributed by atoms with Crippen LogP contribution in [0, 0.1) is 0 Å². The molecule has 0 fully saturated rings. The van der Waals surface area contributed by atoms with Crippen molar-refractivity contribution < 1.29 is 18.7 Å². The van der Waals surface area contributed by atoms with E-state index in [1.165, 1.54) is 14.2 Å². The number of rotatable bonds is 7. The zero-order valence-corrected chi connectivity index (χ0v) is 20.2. The lowest BCUT2D eigenvalue weighted by Gasteiger charge is -2.31. The van der Waals surface area contributed by atoms with E-state index < -0.39 is 13.4 Å². The van der Waals surface area contributed by atoms with E-state index in [9.17, 15) is 9.67 Å². The minimum absolute atomic E-state index is 0.274. The van der Waals surface area contributed by atoms with Gasteiger partial charge >= 0.3 is 7.60 Å². The lowest BCUT2D eigenvalue weighted by molar-refractivity contribution is 0.259. The summed E-state index contributed by atoms with van der Waals surface area (Å²) < 4.78 is 24.2. The number of hydrogen-bond donors (Lipinski definition) is 2. The molecular weight excluding hydrogens is 399 g/mol. The van der Waals surface area contributed by atoms with Crippen LogP contribution in [0.2, 0.25) is 0 Å².